The van der Waals surface area contributed by atoms with E-state index in [9.17, 15) is 14.9 Å². The number of hydrogen-bond acceptors (Lipinski definition) is 4. The summed E-state index contributed by atoms with van der Waals surface area (Å²) in [5.41, 5.74) is 6.02. The maximum absolute atomic E-state index is 14.2. The van der Waals surface area contributed by atoms with E-state index in [0.717, 1.165) is 22.4 Å². The van der Waals surface area contributed by atoms with Gasteiger partial charge in [0.05, 0.1) is 23.9 Å². The van der Waals surface area contributed by atoms with Crippen LogP contribution >= 0.6 is 11.8 Å². The minimum absolute atomic E-state index is 0.127. The van der Waals surface area contributed by atoms with E-state index in [1.54, 1.807) is 21.9 Å². The number of benzene rings is 3. The third-order valence-corrected chi connectivity index (χ3v) is 8.24. The van der Waals surface area contributed by atoms with E-state index >= 15 is 0 Å². The van der Waals surface area contributed by atoms with Crippen LogP contribution in [0.4, 0.5) is 16.2 Å². The number of urea groups is 1. The Hall–Kier alpha value is -3.76. The first kappa shape index (κ1) is 24.0. The molecule has 2 heterocycles. The Labute approximate surface area is 215 Å². The van der Waals surface area contributed by atoms with E-state index in [1.165, 1.54) is 17.3 Å². The largest absolute Gasteiger partial charge is 0.323 e. The Morgan fingerprint density at radius 3 is 2.64 bits per heavy atom. The molecule has 1 atom stereocenters. The van der Waals surface area contributed by atoms with Crippen LogP contribution in [-0.2, 0) is 16.2 Å². The van der Waals surface area contributed by atoms with Gasteiger partial charge in [0, 0.05) is 23.5 Å². The molecule has 0 unspecified atom stereocenters. The molecule has 1 fully saturated rings. The molecule has 0 saturated carbocycles. The molecule has 5 rings (SSSR count). The molecule has 1 saturated heterocycles. The Kier molecular flexibility index (Phi) is 6.23. The fourth-order valence-electron chi connectivity index (χ4n) is 4.95. The topological polar surface area (TPSA) is 76.4 Å². The van der Waals surface area contributed by atoms with Gasteiger partial charge in [-0.1, -0.05) is 55.8 Å². The Morgan fingerprint density at radius 1 is 1.14 bits per heavy atom. The molecule has 0 aliphatic carbocycles. The number of rotatable bonds is 4. The Balaban J connectivity index is 1.49. The maximum Gasteiger partial charge on any atom is 0.323 e. The van der Waals surface area contributed by atoms with E-state index in [4.69, 9.17) is 0 Å². The van der Waals surface area contributed by atoms with Crippen LogP contribution in [0.5, 0.6) is 0 Å². The van der Waals surface area contributed by atoms with Gasteiger partial charge < -0.3 is 10.2 Å². The highest BCUT2D eigenvalue weighted by atomic mass is 32.2. The fourth-order valence-corrected chi connectivity index (χ4v) is 6.40. The number of nitrogens with zero attached hydrogens (tertiary/aromatic N) is 3. The SMILES string of the molecule is Cc1ccc2c(c1)[C@@]1(SCCN1C(=O)Nc1ccc(C(C)C)cc1)C(=O)N2Cc1cccc(C#N)c1. The Morgan fingerprint density at radius 2 is 1.92 bits per heavy atom. The second kappa shape index (κ2) is 9.36. The summed E-state index contributed by atoms with van der Waals surface area (Å²) in [7, 11) is 0. The second-order valence-electron chi connectivity index (χ2n) is 9.58. The molecule has 3 amide bonds. The summed E-state index contributed by atoms with van der Waals surface area (Å²) < 4.78 is 0. The van der Waals surface area contributed by atoms with E-state index in [-0.39, 0.29) is 11.9 Å². The average molecular weight is 497 g/mol. The first-order chi connectivity index (χ1) is 17.3. The van der Waals surface area contributed by atoms with Gasteiger partial charge in [0.1, 0.15) is 0 Å². The molecular formula is C29H28N4O2S. The zero-order chi connectivity index (χ0) is 25.4. The van der Waals surface area contributed by atoms with Crippen molar-refractivity contribution in [2.45, 2.75) is 38.1 Å². The van der Waals surface area contributed by atoms with E-state index in [0.29, 0.717) is 36.0 Å². The summed E-state index contributed by atoms with van der Waals surface area (Å²) in [5, 5.41) is 12.3. The molecular weight excluding hydrogens is 468 g/mol. The number of carbonyl (C=O) groups is 2. The van der Waals surface area contributed by atoms with Crippen LogP contribution in [-0.4, -0.2) is 29.1 Å². The number of anilines is 2. The van der Waals surface area contributed by atoms with Crippen molar-refractivity contribution >= 4 is 35.1 Å². The zero-order valence-corrected chi connectivity index (χ0v) is 21.4. The van der Waals surface area contributed by atoms with Crippen molar-refractivity contribution in [1.82, 2.24) is 4.90 Å². The van der Waals surface area contributed by atoms with Gasteiger partial charge in [-0.15, -0.1) is 11.8 Å². The second-order valence-corrected chi connectivity index (χ2v) is 10.9. The molecule has 1 spiro atoms. The summed E-state index contributed by atoms with van der Waals surface area (Å²) >= 11 is 1.51. The van der Waals surface area contributed by atoms with E-state index < -0.39 is 4.87 Å². The van der Waals surface area contributed by atoms with Crippen LogP contribution in [0.2, 0.25) is 0 Å². The van der Waals surface area contributed by atoms with Crippen LogP contribution in [0, 0.1) is 18.3 Å². The normalized spacial score (nSPS) is 18.6. The van der Waals surface area contributed by atoms with Crippen LogP contribution in [0.3, 0.4) is 0 Å². The lowest BCUT2D eigenvalue weighted by molar-refractivity contribution is -0.123. The molecule has 2 aliphatic rings. The highest BCUT2D eigenvalue weighted by Gasteiger charge is 2.59. The monoisotopic (exact) mass is 496 g/mol. The van der Waals surface area contributed by atoms with Crippen molar-refractivity contribution in [3.63, 3.8) is 0 Å². The number of fused-ring (bicyclic) bond motifs is 2. The summed E-state index contributed by atoms with van der Waals surface area (Å²) in [5.74, 6) is 0.943. The molecule has 0 aromatic heterocycles. The summed E-state index contributed by atoms with van der Waals surface area (Å²) in [4.78, 5) is 30.1. The maximum atomic E-state index is 14.2. The number of hydrogen-bond donors (Lipinski definition) is 1. The third-order valence-electron chi connectivity index (χ3n) is 6.82. The molecule has 7 heteroatoms. The lowest BCUT2D eigenvalue weighted by atomic mass is 10.0. The van der Waals surface area contributed by atoms with E-state index in [2.05, 4.69) is 25.2 Å². The number of amides is 3. The molecule has 2 aliphatic heterocycles. The third kappa shape index (κ3) is 4.02. The molecule has 0 radical (unpaired) electrons. The molecule has 3 aromatic rings. The summed E-state index contributed by atoms with van der Waals surface area (Å²) in [6, 6.07) is 23.0. The quantitative estimate of drug-likeness (QED) is 0.483. The first-order valence-corrected chi connectivity index (χ1v) is 13.1. The zero-order valence-electron chi connectivity index (χ0n) is 20.6. The van der Waals surface area contributed by atoms with Gasteiger partial charge in [0.2, 0.25) is 0 Å². The summed E-state index contributed by atoms with van der Waals surface area (Å²) in [6.07, 6.45) is 0. The predicted octanol–water partition coefficient (Wildman–Crippen LogP) is 5.97. The molecule has 1 N–H and O–H groups in total. The van der Waals surface area contributed by atoms with Crippen LogP contribution < -0.4 is 10.2 Å². The minimum Gasteiger partial charge on any atom is -0.308 e. The van der Waals surface area contributed by atoms with E-state index in [1.807, 2.05) is 61.5 Å². The number of carbonyl (C=O) groups excluding carboxylic acids is 2. The number of thioether (sulfide) groups is 1. The minimum atomic E-state index is -1.11. The molecule has 6 nitrogen and oxygen atoms in total. The highest BCUT2D eigenvalue weighted by Crippen LogP contribution is 2.54. The molecule has 36 heavy (non-hydrogen) atoms. The molecule has 182 valence electrons. The highest BCUT2D eigenvalue weighted by molar-refractivity contribution is 8.01. The van der Waals surface area contributed by atoms with Gasteiger partial charge in [-0.25, -0.2) is 4.79 Å². The van der Waals surface area contributed by atoms with Crippen LogP contribution in [0.1, 0.15) is 47.6 Å². The number of nitrogens with one attached hydrogen (secondary N) is 1. The van der Waals surface area contributed by atoms with Crippen molar-refractivity contribution in [1.29, 1.82) is 5.26 Å². The van der Waals surface area contributed by atoms with Crippen molar-refractivity contribution < 1.29 is 9.59 Å². The lowest BCUT2D eigenvalue weighted by Crippen LogP contribution is -2.51. The Bertz CT molecular complexity index is 1380. The molecule has 3 aromatic carbocycles. The van der Waals surface area contributed by atoms with Gasteiger partial charge in [-0.05, 0) is 54.3 Å². The average Bonchev–Trinajstić information content (AvgIpc) is 3.41. The lowest BCUT2D eigenvalue weighted by Gasteiger charge is -2.33. The molecule has 0 bridgehead atoms. The standard InChI is InChI=1S/C29H28N4O2S/c1-19(2)23-8-10-24(11-9-23)31-28(35)33-13-14-36-29(33)25-15-20(3)7-12-26(25)32(27(29)34)18-22-6-4-5-21(16-22)17-30/h4-12,15-16,19H,13-14,18H2,1-3H3,(H,31,35)/t29-/m1/s1. The van der Waals surface area contributed by atoms with Crippen molar-refractivity contribution in [2.75, 3.05) is 22.5 Å². The predicted molar refractivity (Wildman–Crippen MR) is 144 cm³/mol. The fraction of sp³-hybridized carbons (Fsp3) is 0.276. The number of aryl methyl sites for hydroxylation is 1. The van der Waals surface area contributed by atoms with Gasteiger partial charge >= 0.3 is 6.03 Å². The smallest absolute Gasteiger partial charge is 0.308 e. The van der Waals surface area contributed by atoms with Gasteiger partial charge in [0.15, 0.2) is 4.87 Å². The summed E-state index contributed by atoms with van der Waals surface area (Å²) in [6.45, 7) is 7.06. The van der Waals surface area contributed by atoms with Crippen molar-refractivity contribution in [3.05, 3.63) is 94.5 Å². The van der Waals surface area contributed by atoms with Crippen LogP contribution in [0.15, 0.2) is 66.7 Å². The van der Waals surface area contributed by atoms with Gasteiger partial charge in [0.25, 0.3) is 5.91 Å². The van der Waals surface area contributed by atoms with Gasteiger partial charge in [-0.3, -0.25) is 9.69 Å². The van der Waals surface area contributed by atoms with Gasteiger partial charge in [-0.2, -0.15) is 5.26 Å². The van der Waals surface area contributed by atoms with Crippen molar-refractivity contribution in [3.8, 4) is 6.07 Å². The first-order valence-electron chi connectivity index (χ1n) is 12.1. The van der Waals surface area contributed by atoms with Crippen LogP contribution in [0.25, 0.3) is 0 Å². The number of nitriles is 1. The van der Waals surface area contributed by atoms with Crippen molar-refractivity contribution in [2.24, 2.45) is 0 Å².